The molecule has 0 radical (unpaired) electrons. The van der Waals surface area contributed by atoms with Gasteiger partial charge in [0.15, 0.2) is 19.7 Å². The average Bonchev–Trinajstić information content (AvgIpc) is 3.44. The minimum absolute atomic E-state index is 0.00345. The smallest absolute Gasteiger partial charge is 0.253 e. The number of rotatable bonds is 6. The number of terminal acetylenes is 1. The maximum absolute atomic E-state index is 13.9. The second kappa shape index (κ2) is 9.21. The molecule has 1 amide bonds. The largest absolute Gasteiger partial charge is 0.409 e. The first-order valence-electron chi connectivity index (χ1n) is 14.2. The third-order valence-corrected chi connectivity index (χ3v) is 15.4. The van der Waals surface area contributed by atoms with Crippen LogP contribution in [-0.4, -0.2) is 61.3 Å². The molecule has 4 aliphatic carbocycles. The Hall–Kier alpha value is -2.09. The zero-order valence-electron chi connectivity index (χ0n) is 24.0. The van der Waals surface area contributed by atoms with Gasteiger partial charge in [0.05, 0.1) is 30.9 Å². The number of ether oxygens (including phenoxy) is 1. The van der Waals surface area contributed by atoms with Crippen LogP contribution < -0.4 is 11.2 Å². The Morgan fingerprint density at radius 3 is 2.74 bits per heavy atom. The van der Waals surface area contributed by atoms with Crippen LogP contribution in [0.3, 0.4) is 0 Å². The maximum atomic E-state index is 13.9. The normalized spacial score (nSPS) is 41.5. The molecule has 8 atom stereocenters. The number of hydrazone groups is 1. The summed E-state index contributed by atoms with van der Waals surface area (Å²) in [6, 6.07) is 0. The molecular formula is C30H43N3O5Si. The third-order valence-electron chi connectivity index (χ3n) is 10.9. The second-order valence-electron chi connectivity index (χ2n) is 13.8. The Balaban J connectivity index is 1.39. The van der Waals surface area contributed by atoms with Crippen molar-refractivity contribution in [1.29, 1.82) is 0 Å². The fourth-order valence-corrected chi connectivity index (χ4v) is 8.80. The first kappa shape index (κ1) is 28.4. The molecule has 8 nitrogen and oxygen atoms in total. The number of ketones is 1. The molecule has 5 rings (SSSR count). The molecular weight excluding hydrogens is 510 g/mol. The van der Waals surface area contributed by atoms with Gasteiger partial charge in [-0.3, -0.25) is 9.59 Å². The van der Waals surface area contributed by atoms with Crippen LogP contribution >= 0.6 is 0 Å². The number of hydrogen-bond donors (Lipinski definition) is 3. The van der Waals surface area contributed by atoms with Gasteiger partial charge in [0.1, 0.15) is 5.60 Å². The van der Waals surface area contributed by atoms with Crippen LogP contribution in [0.5, 0.6) is 0 Å². The van der Waals surface area contributed by atoms with E-state index in [1.165, 1.54) is 5.57 Å². The van der Waals surface area contributed by atoms with Crippen molar-refractivity contribution in [2.75, 3.05) is 13.2 Å². The van der Waals surface area contributed by atoms with Crippen molar-refractivity contribution in [2.24, 2.45) is 39.9 Å². The zero-order valence-corrected chi connectivity index (χ0v) is 25.0. The van der Waals surface area contributed by atoms with E-state index in [4.69, 9.17) is 21.3 Å². The Morgan fingerprint density at radius 2 is 2.10 bits per heavy atom. The van der Waals surface area contributed by atoms with E-state index in [1.54, 1.807) is 0 Å². The number of aliphatic hydroxyl groups excluding tert-OH is 1. The van der Waals surface area contributed by atoms with Gasteiger partial charge in [0.25, 0.3) is 5.91 Å². The standard InChI is InChI=1S/C30H43N3O5Si/c1-8-18-14-22-21-10-9-19-13-20(32-33-25(36)16-31)11-12-28(19,5)26(21)23(34)15-29(22)30(18,38-29)24(35)17-37-39(6,7)27(2,3)4/h1,11-13,18,21-23,26,34H,9-10,14-17,31H2,2-7H3,(H,33,36)/b32-20+/t18-,21+,22?,23+,26?,28+,29-,30+/m1/s1. The van der Waals surface area contributed by atoms with Gasteiger partial charge in [0, 0.05) is 17.8 Å². The van der Waals surface area contributed by atoms with Gasteiger partial charge in [-0.2, -0.15) is 5.10 Å². The van der Waals surface area contributed by atoms with Gasteiger partial charge < -0.3 is 20.0 Å². The van der Waals surface area contributed by atoms with Gasteiger partial charge in [-0.05, 0) is 61.4 Å². The Labute approximate surface area is 233 Å². The molecule has 4 N–H and O–H groups in total. The van der Waals surface area contributed by atoms with Crippen LogP contribution in [0.25, 0.3) is 0 Å². The monoisotopic (exact) mass is 553 g/mol. The summed E-state index contributed by atoms with van der Waals surface area (Å²) in [7, 11) is -2.13. The summed E-state index contributed by atoms with van der Waals surface area (Å²) in [5, 5.41) is 15.9. The van der Waals surface area contributed by atoms with Crippen molar-refractivity contribution < 1.29 is 23.9 Å². The van der Waals surface area contributed by atoms with Crippen LogP contribution in [0.1, 0.15) is 53.4 Å². The summed E-state index contributed by atoms with van der Waals surface area (Å²) in [4.78, 5) is 25.4. The molecule has 0 aromatic rings. The summed E-state index contributed by atoms with van der Waals surface area (Å²) in [6.45, 7) is 12.8. The predicted molar refractivity (Wildman–Crippen MR) is 152 cm³/mol. The fourth-order valence-electron chi connectivity index (χ4n) is 7.87. The number of carbonyl (C=O) groups is 2. The van der Waals surface area contributed by atoms with Crippen LogP contribution in [-0.2, 0) is 18.8 Å². The number of allylic oxidation sites excluding steroid dienone is 4. The molecule has 1 saturated heterocycles. The van der Waals surface area contributed by atoms with Gasteiger partial charge in [-0.1, -0.05) is 45.3 Å². The summed E-state index contributed by atoms with van der Waals surface area (Å²) < 4.78 is 12.8. The lowest BCUT2D eigenvalue weighted by Crippen LogP contribution is -2.56. The highest BCUT2D eigenvalue weighted by Crippen LogP contribution is 2.74. The minimum Gasteiger partial charge on any atom is -0.409 e. The molecule has 4 fully saturated rings. The highest BCUT2D eigenvalue weighted by molar-refractivity contribution is 6.74. The van der Waals surface area contributed by atoms with Crippen molar-refractivity contribution >= 4 is 25.7 Å². The van der Waals surface area contributed by atoms with Crippen LogP contribution in [0.2, 0.25) is 18.1 Å². The first-order chi connectivity index (χ1) is 18.2. The van der Waals surface area contributed by atoms with E-state index in [1.807, 2.05) is 12.2 Å². The van der Waals surface area contributed by atoms with E-state index < -0.39 is 25.6 Å². The van der Waals surface area contributed by atoms with E-state index in [0.29, 0.717) is 12.1 Å². The van der Waals surface area contributed by atoms with Gasteiger partial charge >= 0.3 is 0 Å². The average molecular weight is 554 g/mol. The first-order valence-corrected chi connectivity index (χ1v) is 17.1. The molecule has 0 aromatic carbocycles. The molecule has 3 saturated carbocycles. The number of nitrogens with one attached hydrogen (secondary N) is 1. The minimum atomic E-state index is -2.13. The Morgan fingerprint density at radius 1 is 1.38 bits per heavy atom. The van der Waals surface area contributed by atoms with E-state index in [2.05, 4.69) is 63.3 Å². The summed E-state index contributed by atoms with van der Waals surface area (Å²) in [5.41, 5.74) is 7.57. The molecule has 0 aromatic heterocycles. The molecule has 2 unspecified atom stereocenters. The molecule has 1 heterocycles. The fraction of sp³-hybridized carbons (Fsp3) is 0.700. The van der Waals surface area contributed by atoms with Crippen LogP contribution in [0, 0.1) is 41.4 Å². The molecule has 9 heteroatoms. The number of carbonyl (C=O) groups excluding carboxylic acids is 2. The Kier molecular flexibility index (Phi) is 6.72. The number of fused-ring (bicyclic) bond motifs is 4. The lowest BCUT2D eigenvalue weighted by atomic mass is 9.49. The third kappa shape index (κ3) is 4.05. The van der Waals surface area contributed by atoms with E-state index >= 15 is 0 Å². The highest BCUT2D eigenvalue weighted by Gasteiger charge is 2.86. The number of nitrogens with two attached hydrogens (primary N) is 1. The Bertz CT molecular complexity index is 1210. The van der Waals surface area contributed by atoms with E-state index in [0.717, 1.165) is 19.3 Å². The zero-order chi connectivity index (χ0) is 28.6. The summed E-state index contributed by atoms with van der Waals surface area (Å²) in [5.74, 6) is 2.43. The number of hydrogen-bond acceptors (Lipinski definition) is 7. The maximum Gasteiger partial charge on any atom is 0.253 e. The molecule has 0 bridgehead atoms. The molecule has 5 aliphatic rings. The van der Waals surface area contributed by atoms with E-state index in [9.17, 15) is 14.7 Å². The summed E-state index contributed by atoms with van der Waals surface area (Å²) >= 11 is 0. The lowest BCUT2D eigenvalue weighted by Gasteiger charge is -2.55. The topological polar surface area (TPSA) is 127 Å². The molecule has 212 valence electrons. The van der Waals surface area contributed by atoms with Crippen molar-refractivity contribution in [1.82, 2.24) is 5.43 Å². The van der Waals surface area contributed by atoms with Crippen molar-refractivity contribution in [3.63, 3.8) is 0 Å². The van der Waals surface area contributed by atoms with Crippen molar-refractivity contribution in [2.45, 2.75) is 88.8 Å². The number of Topliss-reactive ketones (excluding diaryl/α,β-unsaturated/α-hetero) is 1. The summed E-state index contributed by atoms with van der Waals surface area (Å²) in [6.07, 6.45) is 14.3. The molecule has 39 heavy (non-hydrogen) atoms. The van der Waals surface area contributed by atoms with Gasteiger partial charge in [-0.15, -0.1) is 6.42 Å². The number of aliphatic hydroxyl groups is 1. The van der Waals surface area contributed by atoms with E-state index in [-0.39, 0.29) is 59.0 Å². The molecule has 1 aliphatic heterocycles. The van der Waals surface area contributed by atoms with Gasteiger partial charge in [-0.25, -0.2) is 5.43 Å². The van der Waals surface area contributed by atoms with Crippen molar-refractivity contribution in [3.8, 4) is 12.3 Å². The predicted octanol–water partition coefficient (Wildman–Crippen LogP) is 3.08. The number of amides is 1. The number of nitrogens with zero attached hydrogens (tertiary/aromatic N) is 1. The molecule has 1 spiro atoms. The second-order valence-corrected chi connectivity index (χ2v) is 18.6. The van der Waals surface area contributed by atoms with Crippen molar-refractivity contribution in [3.05, 3.63) is 23.8 Å². The van der Waals surface area contributed by atoms with Gasteiger partial charge in [0.2, 0.25) is 0 Å². The SMILES string of the molecule is C#C[C@@H]1CC2[C@@H]3CCC4=C/C(=N/NC(=O)CN)C=C[C@]4(C)C3[C@@H](O)C[C@@]23O[C@]13C(=O)CO[Si](C)(C)C(C)(C)C. The number of epoxide rings is 1. The van der Waals surface area contributed by atoms with Crippen LogP contribution in [0.15, 0.2) is 28.9 Å². The highest BCUT2D eigenvalue weighted by atomic mass is 28.4. The van der Waals surface area contributed by atoms with Crippen LogP contribution in [0.4, 0.5) is 0 Å². The quantitative estimate of drug-likeness (QED) is 0.201. The lowest BCUT2D eigenvalue weighted by molar-refractivity contribution is -0.127.